The first-order chi connectivity index (χ1) is 9.28. The Hall–Kier alpha value is -1.06. The van der Waals surface area contributed by atoms with E-state index in [4.69, 9.17) is 5.11 Å². The van der Waals surface area contributed by atoms with E-state index in [-0.39, 0.29) is 23.9 Å². The fourth-order valence-corrected chi connectivity index (χ4v) is 3.68. The van der Waals surface area contributed by atoms with E-state index in [0.29, 0.717) is 5.75 Å². The minimum atomic E-state index is -3.59. The van der Waals surface area contributed by atoms with Gasteiger partial charge in [0.15, 0.2) is 0 Å². The molecule has 1 N–H and O–H groups in total. The molecule has 0 aliphatic carbocycles. The molecule has 0 bridgehead atoms. The van der Waals surface area contributed by atoms with Crippen molar-refractivity contribution >= 4 is 27.8 Å². The highest BCUT2D eigenvalue weighted by Gasteiger charge is 2.26. The second-order valence-electron chi connectivity index (χ2n) is 4.41. The van der Waals surface area contributed by atoms with Crippen LogP contribution in [0.25, 0.3) is 0 Å². The number of aryl methyl sites for hydroxylation is 1. The van der Waals surface area contributed by atoms with Crippen LogP contribution in [-0.4, -0.2) is 58.7 Å². The summed E-state index contributed by atoms with van der Waals surface area (Å²) in [6, 6.07) is -0.127. The molecule has 0 spiro atoms. The molecule has 0 radical (unpaired) electrons. The van der Waals surface area contributed by atoms with E-state index in [1.807, 2.05) is 13.2 Å². The molecule has 1 aromatic rings. The van der Waals surface area contributed by atoms with Gasteiger partial charge in [-0.15, -0.1) is 0 Å². The van der Waals surface area contributed by atoms with Gasteiger partial charge in [-0.05, 0) is 13.2 Å². The maximum Gasteiger partial charge on any atom is 0.305 e. The van der Waals surface area contributed by atoms with E-state index in [1.165, 1.54) is 28.4 Å². The first-order valence-corrected chi connectivity index (χ1v) is 8.83. The fourth-order valence-electron chi connectivity index (χ4n) is 1.56. The molecule has 0 saturated carbocycles. The maximum absolute atomic E-state index is 12.3. The van der Waals surface area contributed by atoms with E-state index in [2.05, 4.69) is 5.10 Å². The zero-order valence-electron chi connectivity index (χ0n) is 11.7. The summed E-state index contributed by atoms with van der Waals surface area (Å²) >= 11 is 1.57. The van der Waals surface area contributed by atoms with E-state index in [0.717, 1.165) is 0 Å². The standard InChI is InChI=1S/C11H19N3O4S2/c1-9(8-19-3)13(2)20(17,18)10-6-12-14(7-10)5-4-11(15)16/h6-7,9H,4-5,8H2,1-3H3,(H,15,16). The minimum Gasteiger partial charge on any atom is -0.481 e. The summed E-state index contributed by atoms with van der Waals surface area (Å²) in [5.41, 5.74) is 0. The largest absolute Gasteiger partial charge is 0.481 e. The van der Waals surface area contributed by atoms with Crippen molar-refractivity contribution in [1.29, 1.82) is 0 Å². The number of nitrogens with zero attached hydrogens (tertiary/aromatic N) is 3. The van der Waals surface area contributed by atoms with Gasteiger partial charge in [0.1, 0.15) is 4.90 Å². The monoisotopic (exact) mass is 321 g/mol. The van der Waals surface area contributed by atoms with Gasteiger partial charge in [-0.1, -0.05) is 0 Å². The second-order valence-corrected chi connectivity index (χ2v) is 7.32. The second kappa shape index (κ2) is 7.09. The zero-order valence-corrected chi connectivity index (χ0v) is 13.3. The summed E-state index contributed by atoms with van der Waals surface area (Å²) in [7, 11) is -2.06. The number of carboxylic acid groups (broad SMARTS) is 1. The number of hydrogen-bond acceptors (Lipinski definition) is 5. The molecule has 0 fully saturated rings. The smallest absolute Gasteiger partial charge is 0.305 e. The molecule has 0 amide bonds. The van der Waals surface area contributed by atoms with Crippen molar-refractivity contribution in [1.82, 2.24) is 14.1 Å². The first-order valence-electron chi connectivity index (χ1n) is 6.00. The van der Waals surface area contributed by atoms with Crippen molar-refractivity contribution in [2.24, 2.45) is 0 Å². The third-order valence-corrected chi connectivity index (χ3v) is 5.61. The highest BCUT2D eigenvalue weighted by molar-refractivity contribution is 7.98. The van der Waals surface area contributed by atoms with Crippen LogP contribution in [0.2, 0.25) is 0 Å². The lowest BCUT2D eigenvalue weighted by Gasteiger charge is -2.22. The van der Waals surface area contributed by atoms with Crippen LogP contribution in [0.1, 0.15) is 13.3 Å². The first kappa shape index (κ1) is 17.0. The third-order valence-electron chi connectivity index (χ3n) is 2.87. The van der Waals surface area contributed by atoms with E-state index in [9.17, 15) is 13.2 Å². The molecule has 0 aliphatic heterocycles. The molecule has 0 aromatic carbocycles. The summed E-state index contributed by atoms with van der Waals surface area (Å²) in [5.74, 6) is -0.251. The topological polar surface area (TPSA) is 92.5 Å². The Kier molecular flexibility index (Phi) is 6.03. The lowest BCUT2D eigenvalue weighted by atomic mass is 10.4. The van der Waals surface area contributed by atoms with Gasteiger partial charge in [0.2, 0.25) is 10.0 Å². The summed E-state index contributed by atoms with van der Waals surface area (Å²) in [6.07, 6.45) is 4.43. The van der Waals surface area contributed by atoms with Crippen LogP contribution in [0.4, 0.5) is 0 Å². The molecule has 1 rings (SSSR count). The van der Waals surface area contributed by atoms with E-state index in [1.54, 1.807) is 11.8 Å². The molecule has 1 unspecified atom stereocenters. The number of sulfonamides is 1. The Bertz CT molecular complexity index is 556. The lowest BCUT2D eigenvalue weighted by Crippen LogP contribution is -2.36. The van der Waals surface area contributed by atoms with Gasteiger partial charge in [0.25, 0.3) is 0 Å². The Morgan fingerprint density at radius 1 is 1.60 bits per heavy atom. The van der Waals surface area contributed by atoms with Crippen molar-refractivity contribution < 1.29 is 18.3 Å². The summed E-state index contributed by atoms with van der Waals surface area (Å²) < 4.78 is 27.3. The zero-order chi connectivity index (χ0) is 15.3. The van der Waals surface area contributed by atoms with Gasteiger partial charge in [0.05, 0.1) is 19.2 Å². The van der Waals surface area contributed by atoms with Gasteiger partial charge >= 0.3 is 5.97 Å². The number of rotatable bonds is 8. The number of carbonyl (C=O) groups is 1. The number of aliphatic carboxylic acids is 1. The highest BCUT2D eigenvalue weighted by atomic mass is 32.2. The highest BCUT2D eigenvalue weighted by Crippen LogP contribution is 2.17. The predicted molar refractivity (Wildman–Crippen MR) is 77.3 cm³/mol. The van der Waals surface area contributed by atoms with Crippen LogP contribution in [0.15, 0.2) is 17.3 Å². The summed E-state index contributed by atoms with van der Waals surface area (Å²) in [5, 5.41) is 12.5. The predicted octanol–water partition coefficient (Wildman–Crippen LogP) is 0.730. The molecule has 1 heterocycles. The summed E-state index contributed by atoms with van der Waals surface area (Å²) in [6.45, 7) is 1.98. The van der Waals surface area contributed by atoms with E-state index >= 15 is 0 Å². The summed E-state index contributed by atoms with van der Waals surface area (Å²) in [4.78, 5) is 10.6. The third kappa shape index (κ3) is 4.22. The van der Waals surface area contributed by atoms with Gasteiger partial charge in [0, 0.05) is 25.0 Å². The van der Waals surface area contributed by atoms with Crippen molar-refractivity contribution in [3.8, 4) is 0 Å². The van der Waals surface area contributed by atoms with Crippen LogP contribution in [-0.2, 0) is 21.4 Å². The Morgan fingerprint density at radius 3 is 2.80 bits per heavy atom. The average Bonchev–Trinajstić information content (AvgIpc) is 2.85. The normalized spacial score (nSPS) is 13.6. The van der Waals surface area contributed by atoms with E-state index < -0.39 is 16.0 Å². The molecule has 0 aliphatic rings. The number of hydrogen-bond donors (Lipinski definition) is 1. The molecule has 1 atom stereocenters. The van der Waals surface area contributed by atoms with Crippen molar-refractivity contribution in [2.45, 2.75) is 30.8 Å². The molecular weight excluding hydrogens is 302 g/mol. The molecule has 0 saturated heterocycles. The van der Waals surface area contributed by atoms with Gasteiger partial charge in [-0.2, -0.15) is 21.2 Å². The molecular formula is C11H19N3O4S2. The van der Waals surface area contributed by atoms with Crippen LogP contribution in [0.5, 0.6) is 0 Å². The van der Waals surface area contributed by atoms with Crippen LogP contribution in [0.3, 0.4) is 0 Å². The SMILES string of the molecule is CSCC(C)N(C)S(=O)(=O)c1cnn(CCC(=O)O)c1. The lowest BCUT2D eigenvalue weighted by molar-refractivity contribution is -0.137. The van der Waals surface area contributed by atoms with Crippen molar-refractivity contribution in [3.05, 3.63) is 12.4 Å². The van der Waals surface area contributed by atoms with Crippen LogP contribution >= 0.6 is 11.8 Å². The van der Waals surface area contributed by atoms with Crippen LogP contribution < -0.4 is 0 Å². The van der Waals surface area contributed by atoms with Gasteiger partial charge < -0.3 is 5.11 Å². The Morgan fingerprint density at radius 2 is 2.25 bits per heavy atom. The Labute approximate surface area is 123 Å². The van der Waals surface area contributed by atoms with Crippen molar-refractivity contribution in [2.75, 3.05) is 19.1 Å². The number of carboxylic acids is 1. The number of aromatic nitrogens is 2. The molecule has 20 heavy (non-hydrogen) atoms. The van der Waals surface area contributed by atoms with Crippen LogP contribution in [0, 0.1) is 0 Å². The fraction of sp³-hybridized carbons (Fsp3) is 0.636. The Balaban J connectivity index is 2.85. The quantitative estimate of drug-likeness (QED) is 0.759. The maximum atomic E-state index is 12.3. The molecule has 114 valence electrons. The molecule has 1 aromatic heterocycles. The minimum absolute atomic E-state index is 0.0818. The van der Waals surface area contributed by atoms with Gasteiger partial charge in [-0.3, -0.25) is 9.48 Å². The molecule has 9 heteroatoms. The number of thioether (sulfide) groups is 1. The molecule has 7 nitrogen and oxygen atoms in total. The average molecular weight is 321 g/mol. The van der Waals surface area contributed by atoms with Crippen molar-refractivity contribution in [3.63, 3.8) is 0 Å². The van der Waals surface area contributed by atoms with Gasteiger partial charge in [-0.25, -0.2) is 8.42 Å².